The summed E-state index contributed by atoms with van der Waals surface area (Å²) < 4.78 is 4.64. The number of amides is 1. The van der Waals surface area contributed by atoms with E-state index in [1.165, 1.54) is 18.9 Å². The molecule has 2 rings (SSSR count). The Morgan fingerprint density at radius 3 is 2.91 bits per heavy atom. The molecule has 2 N–H and O–H groups in total. The summed E-state index contributed by atoms with van der Waals surface area (Å²) in [6.07, 6.45) is 0.764. The standard InChI is InChI=1S/C14H16N4O3S/c1-3-11-16-14(18-17-11)22-8-12(19)15-10-6-4-5-9(7-10)13(20)21-2/h4-7H,3,8H2,1-2H3,(H,15,19)(H,16,17,18). The maximum Gasteiger partial charge on any atom is 0.337 e. The van der Waals surface area contributed by atoms with Crippen molar-refractivity contribution in [1.82, 2.24) is 15.2 Å². The van der Waals surface area contributed by atoms with Gasteiger partial charge in [0.05, 0.1) is 18.4 Å². The molecule has 0 aliphatic carbocycles. The van der Waals surface area contributed by atoms with Crippen molar-refractivity contribution in [3.05, 3.63) is 35.7 Å². The van der Waals surface area contributed by atoms with Crippen LogP contribution in [0.2, 0.25) is 0 Å². The third kappa shape index (κ3) is 4.32. The number of thioether (sulfide) groups is 1. The van der Waals surface area contributed by atoms with Crippen LogP contribution in [0.4, 0.5) is 5.69 Å². The molecule has 1 aromatic carbocycles. The molecule has 0 atom stereocenters. The van der Waals surface area contributed by atoms with E-state index < -0.39 is 5.97 Å². The van der Waals surface area contributed by atoms with Gasteiger partial charge in [0, 0.05) is 12.1 Å². The number of methoxy groups -OCH3 is 1. The van der Waals surface area contributed by atoms with Gasteiger partial charge in [-0.3, -0.25) is 9.89 Å². The minimum absolute atomic E-state index is 0.184. The second-order valence-electron chi connectivity index (χ2n) is 4.33. The number of anilines is 1. The van der Waals surface area contributed by atoms with Crippen LogP contribution in [0.3, 0.4) is 0 Å². The Balaban J connectivity index is 1.90. The van der Waals surface area contributed by atoms with E-state index in [9.17, 15) is 9.59 Å². The van der Waals surface area contributed by atoms with Gasteiger partial charge in [0.15, 0.2) is 0 Å². The van der Waals surface area contributed by atoms with Gasteiger partial charge in [0.25, 0.3) is 0 Å². The number of nitrogens with zero attached hydrogens (tertiary/aromatic N) is 2. The van der Waals surface area contributed by atoms with Gasteiger partial charge < -0.3 is 10.1 Å². The summed E-state index contributed by atoms with van der Waals surface area (Å²) in [5.41, 5.74) is 0.923. The lowest BCUT2D eigenvalue weighted by molar-refractivity contribution is -0.113. The number of benzene rings is 1. The first-order valence-electron chi connectivity index (χ1n) is 6.64. The monoisotopic (exact) mass is 320 g/mol. The van der Waals surface area contributed by atoms with Gasteiger partial charge >= 0.3 is 5.97 Å². The first-order valence-corrected chi connectivity index (χ1v) is 7.63. The van der Waals surface area contributed by atoms with Crippen molar-refractivity contribution < 1.29 is 14.3 Å². The molecule has 1 heterocycles. The molecule has 0 aliphatic heterocycles. The maximum atomic E-state index is 11.9. The molecule has 0 unspecified atom stereocenters. The SMILES string of the molecule is CCc1nc(SCC(=O)Nc2cccc(C(=O)OC)c2)n[nH]1. The molecule has 1 amide bonds. The lowest BCUT2D eigenvalue weighted by Crippen LogP contribution is -2.14. The smallest absolute Gasteiger partial charge is 0.337 e. The van der Waals surface area contributed by atoms with Crippen molar-refractivity contribution in [2.75, 3.05) is 18.2 Å². The zero-order valence-corrected chi connectivity index (χ0v) is 13.1. The molecule has 7 nitrogen and oxygen atoms in total. The molecule has 0 saturated heterocycles. The minimum Gasteiger partial charge on any atom is -0.465 e. The van der Waals surface area contributed by atoms with E-state index in [-0.39, 0.29) is 11.7 Å². The number of H-pyrrole nitrogens is 1. The summed E-state index contributed by atoms with van der Waals surface area (Å²) in [5, 5.41) is 10.0. The van der Waals surface area contributed by atoms with E-state index in [1.54, 1.807) is 24.3 Å². The van der Waals surface area contributed by atoms with E-state index in [1.807, 2.05) is 6.92 Å². The number of aryl methyl sites for hydroxylation is 1. The van der Waals surface area contributed by atoms with Crippen LogP contribution in [0.15, 0.2) is 29.4 Å². The Morgan fingerprint density at radius 1 is 1.41 bits per heavy atom. The Morgan fingerprint density at radius 2 is 2.23 bits per heavy atom. The van der Waals surface area contributed by atoms with Gasteiger partial charge in [-0.1, -0.05) is 24.8 Å². The number of esters is 1. The zero-order chi connectivity index (χ0) is 15.9. The van der Waals surface area contributed by atoms with Crippen LogP contribution in [0.5, 0.6) is 0 Å². The zero-order valence-electron chi connectivity index (χ0n) is 12.3. The molecule has 0 fully saturated rings. The van der Waals surface area contributed by atoms with Crippen molar-refractivity contribution >= 4 is 29.3 Å². The number of carbonyl (C=O) groups is 2. The Bertz CT molecular complexity index is 672. The quantitative estimate of drug-likeness (QED) is 0.623. The highest BCUT2D eigenvalue weighted by Gasteiger charge is 2.09. The van der Waals surface area contributed by atoms with Crippen molar-refractivity contribution in [3.8, 4) is 0 Å². The molecule has 0 aliphatic rings. The first-order chi connectivity index (χ1) is 10.6. The molecule has 0 spiro atoms. The summed E-state index contributed by atoms with van der Waals surface area (Å²) in [6.45, 7) is 1.97. The van der Waals surface area contributed by atoms with Gasteiger partial charge in [-0.25, -0.2) is 9.78 Å². The first kappa shape index (κ1) is 16.0. The van der Waals surface area contributed by atoms with E-state index in [4.69, 9.17) is 0 Å². The summed E-state index contributed by atoms with van der Waals surface area (Å²) in [4.78, 5) is 27.5. The molecule has 8 heteroatoms. The van der Waals surface area contributed by atoms with E-state index in [0.717, 1.165) is 12.2 Å². The minimum atomic E-state index is -0.446. The lowest BCUT2D eigenvalue weighted by Gasteiger charge is -2.05. The predicted octanol–water partition coefficient (Wildman–Crippen LogP) is 1.88. The second kappa shape index (κ2) is 7.60. The number of carbonyl (C=O) groups excluding carboxylic acids is 2. The molecule has 116 valence electrons. The average Bonchev–Trinajstić information content (AvgIpc) is 3.00. The third-order valence-corrected chi connectivity index (χ3v) is 3.59. The Hall–Kier alpha value is -2.35. The van der Waals surface area contributed by atoms with Crippen LogP contribution in [0.25, 0.3) is 0 Å². The third-order valence-electron chi connectivity index (χ3n) is 2.75. The van der Waals surface area contributed by atoms with Crippen LogP contribution in [-0.2, 0) is 16.0 Å². The van der Waals surface area contributed by atoms with Gasteiger partial charge in [0.2, 0.25) is 11.1 Å². The van der Waals surface area contributed by atoms with Crippen LogP contribution in [-0.4, -0.2) is 39.9 Å². The molecule has 0 bridgehead atoms. The molecule has 2 aromatic rings. The highest BCUT2D eigenvalue weighted by molar-refractivity contribution is 7.99. The number of nitrogens with one attached hydrogen (secondary N) is 2. The lowest BCUT2D eigenvalue weighted by atomic mass is 10.2. The molecule has 0 saturated carbocycles. The normalized spacial score (nSPS) is 10.3. The highest BCUT2D eigenvalue weighted by Crippen LogP contribution is 2.15. The molecule has 22 heavy (non-hydrogen) atoms. The highest BCUT2D eigenvalue weighted by atomic mass is 32.2. The fraction of sp³-hybridized carbons (Fsp3) is 0.286. The van der Waals surface area contributed by atoms with Crippen molar-refractivity contribution in [2.45, 2.75) is 18.5 Å². The average molecular weight is 320 g/mol. The van der Waals surface area contributed by atoms with E-state index in [0.29, 0.717) is 16.4 Å². The maximum absolute atomic E-state index is 11.9. The number of hydrogen-bond donors (Lipinski definition) is 2. The fourth-order valence-corrected chi connectivity index (χ4v) is 2.29. The van der Waals surface area contributed by atoms with Crippen molar-refractivity contribution in [1.29, 1.82) is 0 Å². The molecular weight excluding hydrogens is 304 g/mol. The number of aromatic nitrogens is 3. The van der Waals surface area contributed by atoms with Crippen LogP contribution < -0.4 is 5.32 Å². The topological polar surface area (TPSA) is 97.0 Å². The fourth-order valence-electron chi connectivity index (χ4n) is 1.67. The summed E-state index contributed by atoms with van der Waals surface area (Å²) >= 11 is 1.24. The van der Waals surface area contributed by atoms with Crippen molar-refractivity contribution in [2.24, 2.45) is 0 Å². The number of aromatic amines is 1. The molecule has 1 aromatic heterocycles. The van der Waals surface area contributed by atoms with Crippen LogP contribution in [0.1, 0.15) is 23.1 Å². The predicted molar refractivity (Wildman–Crippen MR) is 82.9 cm³/mol. The second-order valence-corrected chi connectivity index (χ2v) is 5.27. The largest absolute Gasteiger partial charge is 0.465 e. The molecular formula is C14H16N4O3S. The van der Waals surface area contributed by atoms with E-state index >= 15 is 0 Å². The van der Waals surface area contributed by atoms with Crippen molar-refractivity contribution in [3.63, 3.8) is 0 Å². The Kier molecular flexibility index (Phi) is 5.54. The van der Waals surface area contributed by atoms with Crippen LogP contribution in [0, 0.1) is 0 Å². The number of hydrogen-bond acceptors (Lipinski definition) is 6. The Labute approximate surface area is 131 Å². The van der Waals surface area contributed by atoms with Gasteiger partial charge in [0.1, 0.15) is 5.82 Å². The summed E-state index contributed by atoms with van der Waals surface area (Å²) in [6, 6.07) is 6.57. The van der Waals surface area contributed by atoms with Gasteiger partial charge in [-0.2, -0.15) is 0 Å². The molecule has 0 radical (unpaired) electrons. The van der Waals surface area contributed by atoms with Crippen LogP contribution >= 0.6 is 11.8 Å². The number of ether oxygens (including phenoxy) is 1. The summed E-state index contributed by atoms with van der Waals surface area (Å²) in [7, 11) is 1.31. The summed E-state index contributed by atoms with van der Waals surface area (Å²) in [5.74, 6) is 0.325. The van der Waals surface area contributed by atoms with E-state index in [2.05, 4.69) is 25.2 Å². The van der Waals surface area contributed by atoms with Gasteiger partial charge in [-0.15, -0.1) is 5.10 Å². The van der Waals surface area contributed by atoms with Gasteiger partial charge in [-0.05, 0) is 18.2 Å². The number of rotatable bonds is 6.